The molecule has 0 aromatic carbocycles. The van der Waals surface area contributed by atoms with Crippen molar-refractivity contribution in [3.05, 3.63) is 0 Å². The van der Waals surface area contributed by atoms with Crippen LogP contribution in [0.1, 0.15) is 33.6 Å². The number of nitrogens with zero attached hydrogens (tertiary/aromatic N) is 1. The van der Waals surface area contributed by atoms with Crippen molar-refractivity contribution < 1.29 is 4.74 Å². The lowest BCUT2D eigenvalue weighted by atomic mass is 9.93. The van der Waals surface area contributed by atoms with Gasteiger partial charge < -0.3 is 15.4 Å². The molecule has 2 N–H and O–H groups in total. The van der Waals surface area contributed by atoms with Gasteiger partial charge in [0, 0.05) is 26.2 Å². The van der Waals surface area contributed by atoms with Gasteiger partial charge in [-0.05, 0) is 31.7 Å². The van der Waals surface area contributed by atoms with Gasteiger partial charge in [-0.25, -0.2) is 0 Å². The van der Waals surface area contributed by atoms with Crippen molar-refractivity contribution >= 4 is 0 Å². The van der Waals surface area contributed by atoms with Gasteiger partial charge in [0.25, 0.3) is 0 Å². The van der Waals surface area contributed by atoms with Gasteiger partial charge in [-0.2, -0.15) is 0 Å². The van der Waals surface area contributed by atoms with Crippen LogP contribution in [-0.2, 0) is 4.74 Å². The molecule has 0 radical (unpaired) electrons. The average Bonchev–Trinajstić information content (AvgIpc) is 2.53. The van der Waals surface area contributed by atoms with Gasteiger partial charge in [0.05, 0.1) is 6.10 Å². The molecule has 3 nitrogen and oxygen atoms in total. The molecule has 1 aliphatic heterocycles. The fraction of sp³-hybridized carbons (Fsp3) is 1.00. The van der Waals surface area contributed by atoms with E-state index in [-0.39, 0.29) is 6.10 Å². The third-order valence-electron chi connectivity index (χ3n) is 3.19. The van der Waals surface area contributed by atoms with Crippen LogP contribution >= 0.6 is 0 Å². The molecule has 0 aliphatic carbocycles. The van der Waals surface area contributed by atoms with Crippen LogP contribution in [-0.4, -0.2) is 43.8 Å². The highest BCUT2D eigenvalue weighted by atomic mass is 16.5. The van der Waals surface area contributed by atoms with Crippen LogP contribution in [0.15, 0.2) is 0 Å². The summed E-state index contributed by atoms with van der Waals surface area (Å²) in [5, 5.41) is 0. The van der Waals surface area contributed by atoms with E-state index in [4.69, 9.17) is 10.5 Å². The van der Waals surface area contributed by atoms with Gasteiger partial charge >= 0.3 is 0 Å². The van der Waals surface area contributed by atoms with Gasteiger partial charge in [0.1, 0.15) is 0 Å². The van der Waals surface area contributed by atoms with Crippen LogP contribution in [0.4, 0.5) is 0 Å². The number of rotatable bonds is 6. The number of ether oxygens (including phenoxy) is 1. The smallest absolute Gasteiger partial charge is 0.0709 e. The lowest BCUT2D eigenvalue weighted by Crippen LogP contribution is -2.31. The first-order valence-electron chi connectivity index (χ1n) is 6.11. The summed E-state index contributed by atoms with van der Waals surface area (Å²) in [4.78, 5) is 2.53. The average molecular weight is 214 g/mol. The normalized spacial score (nSPS) is 23.2. The quantitative estimate of drug-likeness (QED) is 0.728. The second-order valence-corrected chi connectivity index (χ2v) is 5.29. The summed E-state index contributed by atoms with van der Waals surface area (Å²) < 4.78 is 5.55. The molecular formula is C12H26N2O. The molecule has 90 valence electrons. The van der Waals surface area contributed by atoms with Gasteiger partial charge in [-0.15, -0.1) is 0 Å². The maximum atomic E-state index is 5.65. The highest BCUT2D eigenvalue weighted by molar-refractivity contribution is 4.82. The molecule has 1 unspecified atom stereocenters. The van der Waals surface area contributed by atoms with E-state index in [0.29, 0.717) is 12.0 Å². The molecule has 0 aromatic heterocycles. The fourth-order valence-corrected chi connectivity index (χ4v) is 2.25. The number of hydrogen-bond donors (Lipinski definition) is 1. The Hall–Kier alpha value is -0.120. The van der Waals surface area contributed by atoms with E-state index < -0.39 is 0 Å². The van der Waals surface area contributed by atoms with Crippen LogP contribution < -0.4 is 5.73 Å². The molecule has 0 spiro atoms. The Kier molecular flexibility index (Phi) is 5.03. The summed E-state index contributed by atoms with van der Waals surface area (Å²) in [6, 6.07) is 0. The van der Waals surface area contributed by atoms with Crippen LogP contribution in [0.25, 0.3) is 0 Å². The summed E-state index contributed by atoms with van der Waals surface area (Å²) in [5.74, 6) is 0. The van der Waals surface area contributed by atoms with E-state index in [1.54, 1.807) is 0 Å². The van der Waals surface area contributed by atoms with Crippen molar-refractivity contribution in [2.45, 2.75) is 39.7 Å². The van der Waals surface area contributed by atoms with E-state index in [2.05, 4.69) is 18.7 Å². The number of likely N-dealkylation sites (tertiary alicyclic amines) is 1. The monoisotopic (exact) mass is 214 g/mol. The molecule has 1 rings (SSSR count). The molecule has 1 saturated heterocycles. The largest absolute Gasteiger partial charge is 0.377 e. The first-order valence-corrected chi connectivity index (χ1v) is 6.11. The van der Waals surface area contributed by atoms with E-state index >= 15 is 0 Å². The highest BCUT2D eigenvalue weighted by Crippen LogP contribution is 2.28. The van der Waals surface area contributed by atoms with Gasteiger partial charge in [0.2, 0.25) is 0 Å². The number of hydrogen-bond acceptors (Lipinski definition) is 3. The zero-order valence-corrected chi connectivity index (χ0v) is 10.5. The number of nitrogens with two attached hydrogens (primary N) is 1. The SMILES string of the molecule is CCOC(CN)CCN1CCC(C)(C)C1. The van der Waals surface area contributed by atoms with Crippen molar-refractivity contribution in [1.82, 2.24) is 4.90 Å². The van der Waals surface area contributed by atoms with Crippen LogP contribution in [0.5, 0.6) is 0 Å². The minimum atomic E-state index is 0.249. The summed E-state index contributed by atoms with van der Waals surface area (Å²) in [6.45, 7) is 11.7. The molecule has 1 atom stereocenters. The van der Waals surface area contributed by atoms with E-state index in [9.17, 15) is 0 Å². The zero-order chi connectivity index (χ0) is 11.3. The van der Waals surface area contributed by atoms with Crippen molar-refractivity contribution in [2.75, 3.05) is 32.8 Å². The second kappa shape index (κ2) is 5.83. The molecule has 1 heterocycles. The summed E-state index contributed by atoms with van der Waals surface area (Å²) in [7, 11) is 0. The summed E-state index contributed by atoms with van der Waals surface area (Å²) in [6.07, 6.45) is 2.63. The highest BCUT2D eigenvalue weighted by Gasteiger charge is 2.28. The fourth-order valence-electron chi connectivity index (χ4n) is 2.25. The van der Waals surface area contributed by atoms with Gasteiger partial charge in [-0.1, -0.05) is 13.8 Å². The topological polar surface area (TPSA) is 38.5 Å². The van der Waals surface area contributed by atoms with E-state index in [0.717, 1.165) is 19.6 Å². The van der Waals surface area contributed by atoms with E-state index in [1.165, 1.54) is 19.5 Å². The van der Waals surface area contributed by atoms with Crippen molar-refractivity contribution in [3.63, 3.8) is 0 Å². The Labute approximate surface area is 94.0 Å². The third kappa shape index (κ3) is 4.49. The minimum absolute atomic E-state index is 0.249. The lowest BCUT2D eigenvalue weighted by Gasteiger charge is -2.22. The maximum absolute atomic E-state index is 5.65. The molecule has 15 heavy (non-hydrogen) atoms. The van der Waals surface area contributed by atoms with Crippen LogP contribution in [0.3, 0.4) is 0 Å². The molecule has 0 aromatic rings. The second-order valence-electron chi connectivity index (χ2n) is 5.29. The molecule has 0 saturated carbocycles. The Morgan fingerprint density at radius 1 is 1.47 bits per heavy atom. The van der Waals surface area contributed by atoms with Crippen LogP contribution in [0, 0.1) is 5.41 Å². The molecule has 0 bridgehead atoms. The molecule has 3 heteroatoms. The lowest BCUT2D eigenvalue weighted by molar-refractivity contribution is 0.0555. The zero-order valence-electron chi connectivity index (χ0n) is 10.5. The summed E-state index contributed by atoms with van der Waals surface area (Å²) >= 11 is 0. The Bertz CT molecular complexity index is 182. The van der Waals surface area contributed by atoms with Gasteiger partial charge in [0.15, 0.2) is 0 Å². The Balaban J connectivity index is 2.19. The third-order valence-corrected chi connectivity index (χ3v) is 3.19. The predicted molar refractivity (Wildman–Crippen MR) is 63.9 cm³/mol. The molecular weight excluding hydrogens is 188 g/mol. The standard InChI is InChI=1S/C12H26N2O/c1-4-15-11(9-13)5-7-14-8-6-12(2,3)10-14/h11H,4-10,13H2,1-3H3. The van der Waals surface area contributed by atoms with E-state index in [1.807, 2.05) is 6.92 Å². The maximum Gasteiger partial charge on any atom is 0.0709 e. The van der Waals surface area contributed by atoms with Crippen molar-refractivity contribution in [1.29, 1.82) is 0 Å². The van der Waals surface area contributed by atoms with Crippen molar-refractivity contribution in [3.8, 4) is 0 Å². The molecule has 0 amide bonds. The predicted octanol–water partition coefficient (Wildman–Crippen LogP) is 1.47. The first-order chi connectivity index (χ1) is 7.07. The Morgan fingerprint density at radius 2 is 2.20 bits per heavy atom. The Morgan fingerprint density at radius 3 is 2.67 bits per heavy atom. The van der Waals surface area contributed by atoms with Crippen molar-refractivity contribution in [2.24, 2.45) is 11.1 Å². The molecule has 1 fully saturated rings. The first kappa shape index (κ1) is 12.9. The minimum Gasteiger partial charge on any atom is -0.377 e. The van der Waals surface area contributed by atoms with Crippen LogP contribution in [0.2, 0.25) is 0 Å². The molecule has 1 aliphatic rings. The summed E-state index contributed by atoms with van der Waals surface area (Å²) in [5.41, 5.74) is 6.16. The van der Waals surface area contributed by atoms with Gasteiger partial charge in [-0.3, -0.25) is 0 Å².